The lowest BCUT2D eigenvalue weighted by molar-refractivity contribution is -0.154. The molecule has 1 atom stereocenters. The van der Waals surface area contributed by atoms with Gasteiger partial charge in [-0.3, -0.25) is 4.79 Å². The molecule has 2 heterocycles. The van der Waals surface area contributed by atoms with Crippen LogP contribution in [0.25, 0.3) is 0 Å². The first-order chi connectivity index (χ1) is 13.3. The minimum atomic E-state index is -4.50. The predicted molar refractivity (Wildman–Crippen MR) is 89.6 cm³/mol. The highest BCUT2D eigenvalue weighted by Crippen LogP contribution is 2.22. The van der Waals surface area contributed by atoms with E-state index in [1.165, 1.54) is 12.1 Å². The zero-order valence-electron chi connectivity index (χ0n) is 14.6. The van der Waals surface area contributed by atoms with Crippen LogP contribution in [0.2, 0.25) is 0 Å². The summed E-state index contributed by atoms with van der Waals surface area (Å²) in [6.45, 7) is 0.351. The Hall–Kier alpha value is -2.59. The molecule has 1 aliphatic rings. The van der Waals surface area contributed by atoms with E-state index in [1.54, 1.807) is 6.07 Å². The van der Waals surface area contributed by atoms with Gasteiger partial charge >= 0.3 is 6.18 Å². The summed E-state index contributed by atoms with van der Waals surface area (Å²) in [5, 5.41) is 3.15. The lowest BCUT2D eigenvalue weighted by Crippen LogP contribution is -2.33. The zero-order valence-corrected chi connectivity index (χ0v) is 14.6. The van der Waals surface area contributed by atoms with E-state index in [9.17, 15) is 22.4 Å². The van der Waals surface area contributed by atoms with Gasteiger partial charge in [-0.15, -0.1) is 0 Å². The van der Waals surface area contributed by atoms with Gasteiger partial charge in [-0.2, -0.15) is 13.2 Å². The number of aromatic nitrogens is 2. The second kappa shape index (κ2) is 8.61. The van der Waals surface area contributed by atoms with Gasteiger partial charge in [0.15, 0.2) is 12.4 Å². The van der Waals surface area contributed by atoms with E-state index in [-0.39, 0.29) is 29.7 Å². The van der Waals surface area contributed by atoms with Crippen LogP contribution in [0.5, 0.6) is 5.88 Å². The van der Waals surface area contributed by atoms with Crippen molar-refractivity contribution >= 4 is 5.78 Å². The fourth-order valence-electron chi connectivity index (χ4n) is 2.64. The molecule has 3 rings (SSSR count). The van der Waals surface area contributed by atoms with Crippen molar-refractivity contribution in [1.82, 2.24) is 15.3 Å². The molecule has 2 aromatic rings. The maximum Gasteiger partial charge on any atom is 0.422 e. The van der Waals surface area contributed by atoms with E-state index in [1.807, 2.05) is 0 Å². The highest BCUT2D eigenvalue weighted by atomic mass is 19.4. The molecular weight excluding hydrogens is 382 g/mol. The topological polar surface area (TPSA) is 73.3 Å². The van der Waals surface area contributed by atoms with Crippen molar-refractivity contribution in [3.8, 4) is 5.88 Å². The van der Waals surface area contributed by atoms with E-state index >= 15 is 0 Å². The van der Waals surface area contributed by atoms with Crippen molar-refractivity contribution in [3.05, 3.63) is 53.2 Å². The molecule has 0 saturated carbocycles. The van der Waals surface area contributed by atoms with Crippen molar-refractivity contribution < 1.29 is 31.8 Å². The molecule has 1 aromatic heterocycles. The van der Waals surface area contributed by atoms with Crippen molar-refractivity contribution in [3.63, 3.8) is 0 Å². The third-order valence-corrected chi connectivity index (χ3v) is 4.03. The lowest BCUT2D eigenvalue weighted by Gasteiger charge is -2.24. The monoisotopic (exact) mass is 399 g/mol. The van der Waals surface area contributed by atoms with Crippen LogP contribution in [0.1, 0.15) is 27.7 Å². The summed E-state index contributed by atoms with van der Waals surface area (Å²) in [6, 6.07) is 4.54. The van der Waals surface area contributed by atoms with E-state index in [0.717, 1.165) is 18.9 Å². The third-order valence-electron chi connectivity index (χ3n) is 4.03. The minimum absolute atomic E-state index is 0.0948. The number of rotatable bonds is 6. The molecule has 150 valence electrons. The van der Waals surface area contributed by atoms with Crippen LogP contribution in [0, 0.1) is 5.82 Å². The first-order valence-corrected chi connectivity index (χ1v) is 8.47. The van der Waals surface area contributed by atoms with Gasteiger partial charge in [0.2, 0.25) is 5.88 Å². The molecule has 6 nitrogen and oxygen atoms in total. The van der Waals surface area contributed by atoms with Crippen molar-refractivity contribution in [2.24, 2.45) is 0 Å². The Morgan fingerprint density at radius 1 is 1.29 bits per heavy atom. The van der Waals surface area contributed by atoms with Crippen LogP contribution >= 0.6 is 0 Å². The molecule has 0 radical (unpaired) electrons. The molecule has 1 aliphatic heterocycles. The highest BCUT2D eigenvalue weighted by Gasteiger charge is 2.28. The molecule has 0 unspecified atom stereocenters. The quantitative estimate of drug-likeness (QED) is 0.595. The van der Waals surface area contributed by atoms with Crippen LogP contribution in [-0.4, -0.2) is 48.2 Å². The molecular formula is C18H17F4N3O3. The fourth-order valence-corrected chi connectivity index (χ4v) is 2.64. The molecule has 28 heavy (non-hydrogen) atoms. The first kappa shape index (κ1) is 20.2. The van der Waals surface area contributed by atoms with Crippen LogP contribution in [-0.2, 0) is 11.2 Å². The Kier molecular flexibility index (Phi) is 6.20. The van der Waals surface area contributed by atoms with Gasteiger partial charge in [0.1, 0.15) is 11.5 Å². The van der Waals surface area contributed by atoms with Gasteiger partial charge in [-0.1, -0.05) is 12.1 Å². The van der Waals surface area contributed by atoms with Gasteiger partial charge in [0, 0.05) is 19.5 Å². The third kappa shape index (κ3) is 5.46. The Labute approximate surface area is 157 Å². The second-order valence-corrected chi connectivity index (χ2v) is 6.16. The van der Waals surface area contributed by atoms with Crippen molar-refractivity contribution in [2.45, 2.75) is 18.7 Å². The Balaban J connectivity index is 1.62. The Morgan fingerprint density at radius 3 is 2.71 bits per heavy atom. The SMILES string of the molecule is O=C(Cc1ccc([C@@H]2CNCCO2)cc1F)c1cnc(OCC(F)(F)F)cn1. The number of hydrogen-bond acceptors (Lipinski definition) is 6. The minimum Gasteiger partial charge on any atom is -0.467 e. The standard InChI is InChI=1S/C18H17F4N3O3/c19-13-5-12(16-8-23-3-4-27-16)2-1-11(13)6-15(26)14-7-25-17(9-24-14)28-10-18(20,21)22/h1-2,5,7,9,16,23H,3-4,6,8,10H2/t16-/m0/s1. The number of benzene rings is 1. The van der Waals surface area contributed by atoms with Gasteiger partial charge < -0.3 is 14.8 Å². The van der Waals surface area contributed by atoms with Crippen LogP contribution in [0.3, 0.4) is 0 Å². The predicted octanol–water partition coefficient (Wildman–Crippen LogP) is 2.64. The summed E-state index contributed by atoms with van der Waals surface area (Å²) in [6.07, 6.45) is -3.08. The molecule has 0 aliphatic carbocycles. The van der Waals surface area contributed by atoms with Crippen LogP contribution in [0.4, 0.5) is 17.6 Å². The number of hydrogen-bond donors (Lipinski definition) is 1. The molecule has 0 bridgehead atoms. The van der Waals surface area contributed by atoms with E-state index in [0.29, 0.717) is 18.7 Å². The van der Waals surface area contributed by atoms with Crippen LogP contribution in [0.15, 0.2) is 30.6 Å². The number of ether oxygens (including phenoxy) is 2. The number of ketones is 1. The van der Waals surface area contributed by atoms with Gasteiger partial charge in [0.25, 0.3) is 0 Å². The van der Waals surface area contributed by atoms with Gasteiger partial charge in [-0.25, -0.2) is 14.4 Å². The summed E-state index contributed by atoms with van der Waals surface area (Å²) in [4.78, 5) is 19.6. The summed E-state index contributed by atoms with van der Waals surface area (Å²) in [5.74, 6) is -1.42. The lowest BCUT2D eigenvalue weighted by atomic mass is 10.0. The van der Waals surface area contributed by atoms with Crippen molar-refractivity contribution in [1.29, 1.82) is 0 Å². The average molecular weight is 399 g/mol. The number of morpholine rings is 1. The number of Topliss-reactive ketones (excluding diaryl/α,β-unsaturated/α-hetero) is 1. The smallest absolute Gasteiger partial charge is 0.422 e. The summed E-state index contributed by atoms with van der Waals surface area (Å²) < 4.78 is 60.7. The van der Waals surface area contributed by atoms with Gasteiger partial charge in [0.05, 0.1) is 25.1 Å². The largest absolute Gasteiger partial charge is 0.467 e. The first-order valence-electron chi connectivity index (χ1n) is 8.47. The van der Waals surface area contributed by atoms with E-state index in [2.05, 4.69) is 20.0 Å². The summed E-state index contributed by atoms with van der Waals surface area (Å²) in [5.41, 5.74) is 0.756. The second-order valence-electron chi connectivity index (χ2n) is 6.16. The number of nitrogens with one attached hydrogen (secondary N) is 1. The summed E-state index contributed by atoms with van der Waals surface area (Å²) in [7, 11) is 0. The molecule has 0 amide bonds. The number of nitrogens with zero attached hydrogens (tertiary/aromatic N) is 2. The number of halogens is 4. The summed E-state index contributed by atoms with van der Waals surface area (Å²) >= 11 is 0. The average Bonchev–Trinajstić information content (AvgIpc) is 2.68. The molecule has 0 spiro atoms. The fraction of sp³-hybridized carbons (Fsp3) is 0.389. The van der Waals surface area contributed by atoms with Crippen LogP contribution < -0.4 is 10.1 Å². The highest BCUT2D eigenvalue weighted by molar-refractivity contribution is 5.95. The van der Waals surface area contributed by atoms with E-state index in [4.69, 9.17) is 4.74 Å². The number of alkyl halides is 3. The molecule has 1 N–H and O–H groups in total. The number of carbonyl (C=O) groups excluding carboxylic acids is 1. The molecule has 10 heteroatoms. The Bertz CT molecular complexity index is 822. The molecule has 1 fully saturated rings. The molecule has 1 aromatic carbocycles. The Morgan fingerprint density at radius 2 is 2.11 bits per heavy atom. The van der Waals surface area contributed by atoms with Crippen molar-refractivity contribution in [2.75, 3.05) is 26.3 Å². The normalized spacial score (nSPS) is 17.4. The number of carbonyl (C=O) groups is 1. The molecule has 1 saturated heterocycles. The van der Waals surface area contributed by atoms with Gasteiger partial charge in [-0.05, 0) is 17.2 Å². The zero-order chi connectivity index (χ0) is 20.1. The maximum atomic E-state index is 14.4. The maximum absolute atomic E-state index is 14.4. The van der Waals surface area contributed by atoms with E-state index < -0.39 is 24.4 Å².